The molecule has 1 atom stereocenters. The Balaban J connectivity index is 1.72. The zero-order valence-electron chi connectivity index (χ0n) is 15.3. The summed E-state index contributed by atoms with van der Waals surface area (Å²) < 4.78 is 26.4. The third-order valence-electron chi connectivity index (χ3n) is 5.40. The molecule has 0 saturated carbocycles. The summed E-state index contributed by atoms with van der Waals surface area (Å²) in [5.74, 6) is -0.944. The Morgan fingerprint density at radius 3 is 2.52 bits per heavy atom. The van der Waals surface area contributed by atoms with Crippen LogP contribution in [0.3, 0.4) is 0 Å². The van der Waals surface area contributed by atoms with E-state index in [0.717, 1.165) is 25.9 Å². The number of benzene rings is 1. The van der Waals surface area contributed by atoms with E-state index >= 15 is 0 Å². The van der Waals surface area contributed by atoms with Crippen molar-refractivity contribution in [3.05, 3.63) is 29.6 Å². The van der Waals surface area contributed by atoms with Crippen molar-refractivity contribution in [1.29, 1.82) is 0 Å². The van der Waals surface area contributed by atoms with Crippen LogP contribution in [0.2, 0.25) is 0 Å². The van der Waals surface area contributed by atoms with E-state index in [-0.39, 0.29) is 17.5 Å². The molecule has 0 spiro atoms. The summed E-state index contributed by atoms with van der Waals surface area (Å²) in [6.07, 6.45) is 1.92. The smallest absolute Gasteiger partial charge is 0.399 e. The van der Waals surface area contributed by atoms with Crippen LogP contribution in [0.1, 0.15) is 50.9 Å². The van der Waals surface area contributed by atoms with Crippen molar-refractivity contribution in [1.82, 2.24) is 10.6 Å². The molecule has 5 nitrogen and oxygen atoms in total. The van der Waals surface area contributed by atoms with Crippen LogP contribution in [0.4, 0.5) is 4.39 Å². The standard InChI is InChI=1S/C18H26BFN2O3/c1-17(2)18(3,4)25-19(24-17)12-7-8-14(15(20)10-12)16(23)22-13-6-5-9-21-11-13/h7-8,10,13,21H,5-6,9,11H2,1-4H3,(H,22,23)/t13-/m1/s1. The molecule has 1 aromatic rings. The van der Waals surface area contributed by atoms with Gasteiger partial charge in [-0.1, -0.05) is 6.07 Å². The maximum Gasteiger partial charge on any atom is 0.494 e. The van der Waals surface area contributed by atoms with Gasteiger partial charge in [0.2, 0.25) is 0 Å². The highest BCUT2D eigenvalue weighted by molar-refractivity contribution is 6.62. The molecule has 0 unspecified atom stereocenters. The molecule has 0 radical (unpaired) electrons. The Kier molecular flexibility index (Phi) is 4.92. The molecule has 136 valence electrons. The first kappa shape index (κ1) is 18.4. The van der Waals surface area contributed by atoms with E-state index in [1.807, 2.05) is 27.7 Å². The number of hydrogen-bond donors (Lipinski definition) is 2. The third kappa shape index (κ3) is 3.73. The second-order valence-corrected chi connectivity index (χ2v) is 7.84. The molecule has 0 aromatic heterocycles. The molecular weight excluding hydrogens is 322 g/mol. The van der Waals surface area contributed by atoms with E-state index in [1.54, 1.807) is 6.07 Å². The summed E-state index contributed by atoms with van der Waals surface area (Å²) in [5, 5.41) is 6.11. The van der Waals surface area contributed by atoms with Crippen molar-refractivity contribution in [3.8, 4) is 0 Å². The van der Waals surface area contributed by atoms with Crippen molar-refractivity contribution in [2.45, 2.75) is 57.8 Å². The van der Waals surface area contributed by atoms with Crippen LogP contribution >= 0.6 is 0 Å². The molecule has 0 aliphatic carbocycles. The fraction of sp³-hybridized carbons (Fsp3) is 0.611. The lowest BCUT2D eigenvalue weighted by Gasteiger charge is -2.32. The Labute approximate surface area is 148 Å². The van der Waals surface area contributed by atoms with Crippen LogP contribution in [0.25, 0.3) is 0 Å². The second-order valence-electron chi connectivity index (χ2n) is 7.84. The van der Waals surface area contributed by atoms with Crippen LogP contribution in [0.15, 0.2) is 18.2 Å². The van der Waals surface area contributed by atoms with E-state index in [4.69, 9.17) is 9.31 Å². The Hall–Kier alpha value is -1.44. The number of amides is 1. The van der Waals surface area contributed by atoms with Crippen LogP contribution in [0, 0.1) is 5.82 Å². The zero-order valence-corrected chi connectivity index (χ0v) is 15.3. The monoisotopic (exact) mass is 348 g/mol. The lowest BCUT2D eigenvalue weighted by Crippen LogP contribution is -2.46. The van der Waals surface area contributed by atoms with Crippen LogP contribution < -0.4 is 16.1 Å². The molecule has 25 heavy (non-hydrogen) atoms. The number of hydrogen-bond acceptors (Lipinski definition) is 4. The third-order valence-corrected chi connectivity index (χ3v) is 5.40. The molecule has 1 aromatic carbocycles. The van der Waals surface area contributed by atoms with Gasteiger partial charge in [0.15, 0.2) is 0 Å². The summed E-state index contributed by atoms with van der Waals surface area (Å²) in [5.41, 5.74) is -0.353. The first-order chi connectivity index (χ1) is 11.7. The van der Waals surface area contributed by atoms with Gasteiger partial charge in [0.25, 0.3) is 5.91 Å². The minimum Gasteiger partial charge on any atom is -0.399 e. The topological polar surface area (TPSA) is 59.6 Å². The SMILES string of the molecule is CC1(C)OB(c2ccc(C(=O)N[C@@H]3CCCNC3)c(F)c2)OC1(C)C. The summed E-state index contributed by atoms with van der Waals surface area (Å²) in [6.45, 7) is 9.47. The van der Waals surface area contributed by atoms with Crippen molar-refractivity contribution in [2.75, 3.05) is 13.1 Å². The van der Waals surface area contributed by atoms with E-state index in [1.165, 1.54) is 12.1 Å². The molecule has 2 fully saturated rings. The molecule has 2 heterocycles. The summed E-state index contributed by atoms with van der Waals surface area (Å²) >= 11 is 0. The molecule has 3 rings (SSSR count). The predicted molar refractivity (Wildman–Crippen MR) is 95.5 cm³/mol. The van der Waals surface area contributed by atoms with Gasteiger partial charge in [0.05, 0.1) is 16.8 Å². The van der Waals surface area contributed by atoms with Crippen LogP contribution in [-0.4, -0.2) is 43.4 Å². The van der Waals surface area contributed by atoms with Crippen LogP contribution in [0.5, 0.6) is 0 Å². The van der Waals surface area contributed by atoms with Gasteiger partial charge in [0.1, 0.15) is 5.82 Å². The maximum atomic E-state index is 14.5. The van der Waals surface area contributed by atoms with Crippen molar-refractivity contribution < 1.29 is 18.5 Å². The number of rotatable bonds is 3. The molecule has 2 aliphatic heterocycles. The van der Waals surface area contributed by atoms with Gasteiger partial charge < -0.3 is 19.9 Å². The van der Waals surface area contributed by atoms with Crippen LogP contribution in [-0.2, 0) is 9.31 Å². The lowest BCUT2D eigenvalue weighted by molar-refractivity contribution is 0.00578. The normalized spacial score (nSPS) is 25.0. The Morgan fingerprint density at radius 1 is 1.28 bits per heavy atom. The average Bonchev–Trinajstić information content (AvgIpc) is 2.76. The predicted octanol–water partition coefficient (Wildman–Crippen LogP) is 1.61. The average molecular weight is 348 g/mol. The summed E-state index contributed by atoms with van der Waals surface area (Å²) in [6, 6.07) is 4.57. The van der Waals surface area contributed by atoms with E-state index in [0.29, 0.717) is 5.46 Å². The van der Waals surface area contributed by atoms with Gasteiger partial charge in [-0.25, -0.2) is 4.39 Å². The Morgan fingerprint density at radius 2 is 1.96 bits per heavy atom. The van der Waals surface area contributed by atoms with E-state index in [9.17, 15) is 9.18 Å². The highest BCUT2D eigenvalue weighted by Crippen LogP contribution is 2.36. The lowest BCUT2D eigenvalue weighted by atomic mass is 9.78. The number of nitrogens with one attached hydrogen (secondary N) is 2. The second kappa shape index (κ2) is 6.70. The molecule has 0 bridgehead atoms. The first-order valence-corrected chi connectivity index (χ1v) is 8.86. The molecule has 2 N–H and O–H groups in total. The van der Waals surface area contributed by atoms with Gasteiger partial charge in [-0.05, 0) is 64.7 Å². The highest BCUT2D eigenvalue weighted by Gasteiger charge is 2.51. The molecule has 1 amide bonds. The molecule has 7 heteroatoms. The maximum absolute atomic E-state index is 14.5. The van der Waals surface area contributed by atoms with E-state index in [2.05, 4.69) is 10.6 Å². The van der Waals surface area contributed by atoms with Gasteiger partial charge >= 0.3 is 7.12 Å². The Bertz CT molecular complexity index is 644. The largest absolute Gasteiger partial charge is 0.494 e. The fourth-order valence-corrected chi connectivity index (χ4v) is 3.08. The number of halogens is 1. The quantitative estimate of drug-likeness (QED) is 0.815. The van der Waals surface area contributed by atoms with Crippen molar-refractivity contribution in [3.63, 3.8) is 0 Å². The highest BCUT2D eigenvalue weighted by atomic mass is 19.1. The van der Waals surface area contributed by atoms with Gasteiger partial charge in [-0.2, -0.15) is 0 Å². The molecular formula is C18H26BFN2O3. The molecule has 2 saturated heterocycles. The van der Waals surface area contributed by atoms with Gasteiger partial charge in [0, 0.05) is 12.6 Å². The van der Waals surface area contributed by atoms with Gasteiger partial charge in [-0.15, -0.1) is 0 Å². The minimum absolute atomic E-state index is 0.0448. The fourth-order valence-electron chi connectivity index (χ4n) is 3.08. The summed E-state index contributed by atoms with van der Waals surface area (Å²) in [4.78, 5) is 12.3. The van der Waals surface area contributed by atoms with Gasteiger partial charge in [-0.3, -0.25) is 4.79 Å². The zero-order chi connectivity index (χ0) is 18.2. The number of carbonyl (C=O) groups is 1. The number of piperidine rings is 1. The first-order valence-electron chi connectivity index (χ1n) is 8.86. The molecule has 2 aliphatic rings. The number of carbonyl (C=O) groups excluding carboxylic acids is 1. The van der Waals surface area contributed by atoms with Crippen molar-refractivity contribution in [2.24, 2.45) is 0 Å². The van der Waals surface area contributed by atoms with E-state index < -0.39 is 24.1 Å². The minimum atomic E-state index is -0.640. The van der Waals surface area contributed by atoms with Crippen molar-refractivity contribution >= 4 is 18.5 Å². The summed E-state index contributed by atoms with van der Waals surface area (Å²) in [7, 11) is -0.640.